The molecular weight excluding hydrogens is 419 g/mol. The zero-order valence-electron chi connectivity index (χ0n) is 17.0. The molecule has 8 heteroatoms. The van der Waals surface area contributed by atoms with Crippen LogP contribution in [0.15, 0.2) is 46.9 Å². The van der Waals surface area contributed by atoms with E-state index in [0.717, 1.165) is 18.2 Å². The summed E-state index contributed by atoms with van der Waals surface area (Å²) in [5.74, 6) is 0.0230. The Morgan fingerprint density at radius 3 is 2.97 bits per heavy atom. The van der Waals surface area contributed by atoms with Crippen molar-refractivity contribution in [2.45, 2.75) is 25.9 Å². The van der Waals surface area contributed by atoms with Gasteiger partial charge in [-0.2, -0.15) is 0 Å². The van der Waals surface area contributed by atoms with Crippen molar-refractivity contribution in [2.75, 3.05) is 24.7 Å². The molecule has 2 aromatic carbocycles. The van der Waals surface area contributed by atoms with Crippen molar-refractivity contribution in [3.63, 3.8) is 0 Å². The molecule has 1 aliphatic heterocycles. The summed E-state index contributed by atoms with van der Waals surface area (Å²) in [6, 6.07) is 12.0. The summed E-state index contributed by atoms with van der Waals surface area (Å²) in [6.45, 7) is 3.38. The average Bonchev–Trinajstić information content (AvgIpc) is 3.51. The van der Waals surface area contributed by atoms with E-state index in [1.54, 1.807) is 18.2 Å². The average molecular weight is 440 g/mol. The molecule has 4 aromatic rings. The Morgan fingerprint density at radius 1 is 1.32 bits per heavy atom. The minimum Gasteiger partial charge on any atom is -0.490 e. The Hall–Kier alpha value is -2.97. The van der Waals surface area contributed by atoms with Gasteiger partial charge in [0.05, 0.1) is 24.0 Å². The molecule has 1 amide bonds. The molecule has 160 valence electrons. The van der Waals surface area contributed by atoms with E-state index in [1.807, 2.05) is 25.1 Å². The molecule has 6 nitrogen and oxygen atoms in total. The van der Waals surface area contributed by atoms with Gasteiger partial charge in [-0.15, -0.1) is 0 Å². The molecule has 1 unspecified atom stereocenters. The lowest BCUT2D eigenvalue weighted by atomic mass is 10.2. The molecule has 1 fully saturated rings. The Balaban J connectivity index is 1.55. The standard InChI is InChI=1S/C23H21FN2O4S/c1-2-28-17-9-3-6-14-12-18(30-21(14)17)22(27)26(13-15-7-5-11-29-15)23-25-20-16(24)8-4-10-19(20)31-23/h3-4,6,8-10,12,15H,2,5,7,11,13H2,1H3. The fourth-order valence-electron chi connectivity index (χ4n) is 3.80. The highest BCUT2D eigenvalue weighted by Crippen LogP contribution is 2.34. The first-order valence-corrected chi connectivity index (χ1v) is 11.1. The molecule has 0 radical (unpaired) electrons. The van der Waals surface area contributed by atoms with E-state index in [2.05, 4.69) is 4.98 Å². The van der Waals surface area contributed by atoms with Gasteiger partial charge >= 0.3 is 0 Å². The second kappa shape index (κ2) is 8.28. The van der Waals surface area contributed by atoms with Crippen LogP contribution in [0.1, 0.15) is 30.3 Å². The third kappa shape index (κ3) is 3.77. The van der Waals surface area contributed by atoms with Crippen LogP contribution in [0.25, 0.3) is 21.2 Å². The maximum absolute atomic E-state index is 14.2. The number of hydrogen-bond acceptors (Lipinski definition) is 6. The molecule has 0 spiro atoms. The molecule has 2 aromatic heterocycles. The van der Waals surface area contributed by atoms with E-state index < -0.39 is 5.82 Å². The van der Waals surface area contributed by atoms with Crippen molar-refractivity contribution >= 4 is 43.6 Å². The predicted octanol–water partition coefficient (Wildman–Crippen LogP) is 5.41. The molecule has 1 atom stereocenters. The SMILES string of the molecule is CCOc1cccc2cc(C(=O)N(CC3CCCO3)c3nc4c(F)cccc4s3)oc12. The topological polar surface area (TPSA) is 64.8 Å². The van der Waals surface area contributed by atoms with Gasteiger partial charge in [0.2, 0.25) is 0 Å². The maximum atomic E-state index is 14.2. The molecule has 0 saturated carbocycles. The predicted molar refractivity (Wildman–Crippen MR) is 118 cm³/mol. The molecule has 1 saturated heterocycles. The van der Waals surface area contributed by atoms with Crippen molar-refractivity contribution in [1.29, 1.82) is 0 Å². The zero-order valence-corrected chi connectivity index (χ0v) is 17.8. The third-order valence-electron chi connectivity index (χ3n) is 5.26. The number of para-hydroxylation sites is 2. The molecular formula is C23H21FN2O4S. The Labute approximate surface area is 182 Å². The van der Waals surface area contributed by atoms with Crippen LogP contribution in [-0.4, -0.2) is 36.8 Å². The molecule has 0 N–H and O–H groups in total. The van der Waals surface area contributed by atoms with E-state index in [4.69, 9.17) is 13.9 Å². The number of fused-ring (bicyclic) bond motifs is 2. The fraction of sp³-hybridized carbons (Fsp3) is 0.304. The van der Waals surface area contributed by atoms with Crippen molar-refractivity contribution in [3.05, 3.63) is 54.0 Å². The number of benzene rings is 2. The summed E-state index contributed by atoms with van der Waals surface area (Å²) in [7, 11) is 0. The third-order valence-corrected chi connectivity index (χ3v) is 6.31. The van der Waals surface area contributed by atoms with E-state index in [0.29, 0.717) is 40.9 Å². The zero-order chi connectivity index (χ0) is 21.4. The second-order valence-electron chi connectivity index (χ2n) is 7.35. The van der Waals surface area contributed by atoms with E-state index in [-0.39, 0.29) is 23.3 Å². The highest BCUT2D eigenvalue weighted by molar-refractivity contribution is 7.22. The Bertz CT molecular complexity index is 1250. The van der Waals surface area contributed by atoms with Crippen molar-refractivity contribution < 1.29 is 23.1 Å². The lowest BCUT2D eigenvalue weighted by molar-refractivity contribution is 0.0896. The number of carbonyl (C=O) groups excluding carboxylic acids is 1. The number of ether oxygens (including phenoxy) is 2. The highest BCUT2D eigenvalue weighted by atomic mass is 32.1. The number of hydrogen-bond donors (Lipinski definition) is 0. The monoisotopic (exact) mass is 440 g/mol. The number of aromatic nitrogens is 1. The molecule has 0 bridgehead atoms. The highest BCUT2D eigenvalue weighted by Gasteiger charge is 2.29. The fourth-order valence-corrected chi connectivity index (χ4v) is 4.79. The lowest BCUT2D eigenvalue weighted by Crippen LogP contribution is -2.37. The number of furan rings is 1. The van der Waals surface area contributed by atoms with Crippen molar-refractivity contribution in [2.24, 2.45) is 0 Å². The number of halogens is 1. The van der Waals surface area contributed by atoms with Crippen LogP contribution in [0.3, 0.4) is 0 Å². The van der Waals surface area contributed by atoms with Gasteiger partial charge in [-0.25, -0.2) is 9.37 Å². The Kier molecular flexibility index (Phi) is 5.33. The number of carbonyl (C=O) groups is 1. The van der Waals surface area contributed by atoms with Gasteiger partial charge in [-0.3, -0.25) is 9.69 Å². The normalized spacial score (nSPS) is 16.3. The molecule has 31 heavy (non-hydrogen) atoms. The van der Waals surface area contributed by atoms with Crippen LogP contribution in [-0.2, 0) is 4.74 Å². The van der Waals surface area contributed by atoms with Gasteiger partial charge in [0.25, 0.3) is 5.91 Å². The van der Waals surface area contributed by atoms with Gasteiger partial charge in [0.15, 0.2) is 22.2 Å². The summed E-state index contributed by atoms with van der Waals surface area (Å²) in [4.78, 5) is 19.5. The van der Waals surface area contributed by atoms with Gasteiger partial charge in [-0.05, 0) is 44.0 Å². The molecule has 0 aliphatic carbocycles. The number of nitrogens with zero attached hydrogens (tertiary/aromatic N) is 2. The summed E-state index contributed by atoms with van der Waals surface area (Å²) >= 11 is 1.28. The minimum absolute atomic E-state index is 0.0934. The van der Waals surface area contributed by atoms with Crippen LogP contribution < -0.4 is 9.64 Å². The molecule has 1 aliphatic rings. The van der Waals surface area contributed by atoms with Crippen LogP contribution in [0, 0.1) is 5.82 Å². The van der Waals surface area contributed by atoms with E-state index in [9.17, 15) is 9.18 Å². The number of amides is 1. The largest absolute Gasteiger partial charge is 0.490 e. The maximum Gasteiger partial charge on any atom is 0.295 e. The van der Waals surface area contributed by atoms with Gasteiger partial charge in [0, 0.05) is 12.0 Å². The summed E-state index contributed by atoms with van der Waals surface area (Å²) in [5.41, 5.74) is 0.788. The minimum atomic E-state index is -0.408. The van der Waals surface area contributed by atoms with Crippen LogP contribution in [0.4, 0.5) is 9.52 Å². The summed E-state index contributed by atoms with van der Waals surface area (Å²) in [6.07, 6.45) is 1.71. The summed E-state index contributed by atoms with van der Waals surface area (Å²) in [5, 5.41) is 1.20. The number of anilines is 1. The quantitative estimate of drug-likeness (QED) is 0.401. The molecule has 3 heterocycles. The van der Waals surface area contributed by atoms with Crippen LogP contribution in [0.5, 0.6) is 5.75 Å². The van der Waals surface area contributed by atoms with E-state index in [1.165, 1.54) is 22.3 Å². The lowest BCUT2D eigenvalue weighted by Gasteiger charge is -2.22. The number of thiazole rings is 1. The smallest absolute Gasteiger partial charge is 0.295 e. The first-order chi connectivity index (χ1) is 15.1. The van der Waals surface area contributed by atoms with E-state index >= 15 is 0 Å². The van der Waals surface area contributed by atoms with Crippen molar-refractivity contribution in [3.8, 4) is 5.75 Å². The molecule has 5 rings (SSSR count). The first kappa shape index (κ1) is 20.0. The number of rotatable bonds is 6. The van der Waals surface area contributed by atoms with Crippen LogP contribution >= 0.6 is 11.3 Å². The van der Waals surface area contributed by atoms with Gasteiger partial charge in [0.1, 0.15) is 11.3 Å². The first-order valence-electron chi connectivity index (χ1n) is 10.3. The van der Waals surface area contributed by atoms with Crippen molar-refractivity contribution in [1.82, 2.24) is 4.98 Å². The second-order valence-corrected chi connectivity index (χ2v) is 8.36. The Morgan fingerprint density at radius 2 is 2.19 bits per heavy atom. The summed E-state index contributed by atoms with van der Waals surface area (Å²) < 4.78 is 32.2. The van der Waals surface area contributed by atoms with Gasteiger partial charge in [-0.1, -0.05) is 29.5 Å². The van der Waals surface area contributed by atoms with Crippen LogP contribution in [0.2, 0.25) is 0 Å². The van der Waals surface area contributed by atoms with Gasteiger partial charge < -0.3 is 13.9 Å².